The SMILES string of the molecule is CCCNC(C1=CCCCC1)c1c(F)cccc1F. The molecule has 1 N–H and O–H groups in total. The molecule has 104 valence electrons. The highest BCUT2D eigenvalue weighted by molar-refractivity contribution is 5.31. The fourth-order valence-electron chi connectivity index (χ4n) is 2.62. The normalized spacial score (nSPS) is 17.1. The Balaban J connectivity index is 2.33. The van der Waals surface area contributed by atoms with Crippen molar-refractivity contribution in [2.75, 3.05) is 6.54 Å². The zero-order chi connectivity index (χ0) is 13.7. The summed E-state index contributed by atoms with van der Waals surface area (Å²) in [6.07, 6.45) is 7.30. The predicted molar refractivity (Wildman–Crippen MR) is 73.9 cm³/mol. The molecule has 0 spiro atoms. The van der Waals surface area contributed by atoms with Crippen LogP contribution in [0.25, 0.3) is 0 Å². The van der Waals surface area contributed by atoms with E-state index in [1.807, 2.05) is 0 Å². The van der Waals surface area contributed by atoms with E-state index in [9.17, 15) is 8.78 Å². The van der Waals surface area contributed by atoms with Gasteiger partial charge in [0.05, 0.1) is 6.04 Å². The Labute approximate surface area is 113 Å². The molecule has 1 nitrogen and oxygen atoms in total. The Morgan fingerprint density at radius 2 is 1.95 bits per heavy atom. The molecule has 0 amide bonds. The summed E-state index contributed by atoms with van der Waals surface area (Å²) in [6, 6.07) is 3.77. The molecule has 0 saturated carbocycles. The second kappa shape index (κ2) is 6.80. The van der Waals surface area contributed by atoms with Crippen molar-refractivity contribution >= 4 is 0 Å². The maximum atomic E-state index is 14.0. The molecule has 1 atom stereocenters. The molecule has 1 aromatic rings. The molecule has 19 heavy (non-hydrogen) atoms. The van der Waals surface area contributed by atoms with Crippen LogP contribution in [-0.4, -0.2) is 6.54 Å². The summed E-state index contributed by atoms with van der Waals surface area (Å²) in [5.41, 5.74) is 1.30. The van der Waals surface area contributed by atoms with Gasteiger partial charge in [-0.1, -0.05) is 24.6 Å². The standard InChI is InChI=1S/C16H21F2N/c1-2-11-19-16(12-7-4-3-5-8-12)15-13(17)9-6-10-14(15)18/h6-7,9-10,16,19H,2-5,8,11H2,1H3. The molecule has 2 rings (SSSR count). The molecule has 1 unspecified atom stereocenters. The molecule has 0 aromatic heterocycles. The van der Waals surface area contributed by atoms with Gasteiger partial charge in [0.25, 0.3) is 0 Å². The first-order chi connectivity index (χ1) is 9.24. The molecule has 0 fully saturated rings. The predicted octanol–water partition coefficient (Wildman–Crippen LogP) is 4.51. The van der Waals surface area contributed by atoms with E-state index in [2.05, 4.69) is 18.3 Å². The second-order valence-corrected chi connectivity index (χ2v) is 5.05. The van der Waals surface area contributed by atoms with Gasteiger partial charge < -0.3 is 5.32 Å². The van der Waals surface area contributed by atoms with Crippen LogP contribution >= 0.6 is 0 Å². The minimum absolute atomic E-state index is 0.170. The summed E-state index contributed by atoms with van der Waals surface area (Å²) >= 11 is 0. The maximum absolute atomic E-state index is 14.0. The van der Waals surface area contributed by atoms with E-state index in [1.165, 1.54) is 24.6 Å². The van der Waals surface area contributed by atoms with Crippen LogP contribution < -0.4 is 5.32 Å². The van der Waals surface area contributed by atoms with E-state index in [4.69, 9.17) is 0 Å². The van der Waals surface area contributed by atoms with Gasteiger partial charge in [0, 0.05) is 5.56 Å². The van der Waals surface area contributed by atoms with E-state index in [1.54, 1.807) is 0 Å². The Kier molecular flexibility index (Phi) is 5.08. The summed E-state index contributed by atoms with van der Waals surface area (Å²) in [7, 11) is 0. The third-order valence-electron chi connectivity index (χ3n) is 3.58. The summed E-state index contributed by atoms with van der Waals surface area (Å²) < 4.78 is 28.0. The molecule has 3 heteroatoms. The molecule has 0 radical (unpaired) electrons. The minimum Gasteiger partial charge on any atom is -0.306 e. The molecule has 1 aliphatic carbocycles. The van der Waals surface area contributed by atoms with Crippen LogP contribution in [0.5, 0.6) is 0 Å². The lowest BCUT2D eigenvalue weighted by Crippen LogP contribution is -2.26. The van der Waals surface area contributed by atoms with E-state index < -0.39 is 11.6 Å². The van der Waals surface area contributed by atoms with E-state index in [0.29, 0.717) is 0 Å². The van der Waals surface area contributed by atoms with Crippen molar-refractivity contribution in [2.24, 2.45) is 0 Å². The van der Waals surface area contributed by atoms with Crippen molar-refractivity contribution in [3.63, 3.8) is 0 Å². The highest BCUT2D eigenvalue weighted by atomic mass is 19.1. The summed E-state index contributed by atoms with van der Waals surface area (Å²) in [5.74, 6) is -0.917. The third kappa shape index (κ3) is 3.41. The van der Waals surface area contributed by atoms with Gasteiger partial charge >= 0.3 is 0 Å². The smallest absolute Gasteiger partial charge is 0.131 e. The number of allylic oxidation sites excluding steroid dienone is 1. The van der Waals surface area contributed by atoms with Gasteiger partial charge in [-0.3, -0.25) is 0 Å². The highest BCUT2D eigenvalue weighted by Crippen LogP contribution is 2.32. The van der Waals surface area contributed by atoms with Crippen molar-refractivity contribution < 1.29 is 8.78 Å². The lowest BCUT2D eigenvalue weighted by Gasteiger charge is -2.25. The number of hydrogen-bond acceptors (Lipinski definition) is 1. The Morgan fingerprint density at radius 1 is 1.21 bits per heavy atom. The number of benzene rings is 1. The summed E-state index contributed by atoms with van der Waals surface area (Å²) in [4.78, 5) is 0. The topological polar surface area (TPSA) is 12.0 Å². The van der Waals surface area contributed by atoms with Crippen LogP contribution in [0.15, 0.2) is 29.8 Å². The Bertz CT molecular complexity index is 434. The van der Waals surface area contributed by atoms with Crippen LogP contribution in [0.4, 0.5) is 8.78 Å². The van der Waals surface area contributed by atoms with E-state index in [0.717, 1.165) is 37.8 Å². The highest BCUT2D eigenvalue weighted by Gasteiger charge is 2.23. The fourth-order valence-corrected chi connectivity index (χ4v) is 2.62. The van der Waals surface area contributed by atoms with E-state index in [-0.39, 0.29) is 11.6 Å². The second-order valence-electron chi connectivity index (χ2n) is 5.05. The summed E-state index contributed by atoms with van der Waals surface area (Å²) in [6.45, 7) is 2.81. The molecule has 0 bridgehead atoms. The molecule has 0 aliphatic heterocycles. The number of hydrogen-bond donors (Lipinski definition) is 1. The lowest BCUT2D eigenvalue weighted by molar-refractivity contribution is 0.482. The fraction of sp³-hybridized carbons (Fsp3) is 0.500. The average molecular weight is 265 g/mol. The Hall–Kier alpha value is -1.22. The number of rotatable bonds is 5. The van der Waals surface area contributed by atoms with Gasteiger partial charge in [-0.2, -0.15) is 0 Å². The largest absolute Gasteiger partial charge is 0.306 e. The van der Waals surface area contributed by atoms with Gasteiger partial charge in [0.2, 0.25) is 0 Å². The summed E-state index contributed by atoms with van der Waals surface area (Å²) in [5, 5.41) is 3.29. The van der Waals surface area contributed by atoms with Crippen LogP contribution in [0.1, 0.15) is 50.6 Å². The Morgan fingerprint density at radius 3 is 2.53 bits per heavy atom. The van der Waals surface area contributed by atoms with Crippen molar-refractivity contribution in [3.8, 4) is 0 Å². The van der Waals surface area contributed by atoms with Crippen molar-refractivity contribution in [1.82, 2.24) is 5.32 Å². The molecule has 0 saturated heterocycles. The zero-order valence-corrected chi connectivity index (χ0v) is 11.4. The van der Waals surface area contributed by atoms with Crippen molar-refractivity contribution in [1.29, 1.82) is 0 Å². The van der Waals surface area contributed by atoms with Gasteiger partial charge in [-0.05, 0) is 50.8 Å². The van der Waals surface area contributed by atoms with Crippen molar-refractivity contribution in [3.05, 3.63) is 47.0 Å². The molecule has 0 heterocycles. The van der Waals surface area contributed by atoms with Crippen molar-refractivity contribution in [2.45, 2.75) is 45.1 Å². The zero-order valence-electron chi connectivity index (χ0n) is 11.4. The first kappa shape index (κ1) is 14.2. The average Bonchev–Trinajstić information content (AvgIpc) is 2.43. The van der Waals surface area contributed by atoms with Gasteiger partial charge in [0.15, 0.2) is 0 Å². The van der Waals surface area contributed by atoms with Crippen LogP contribution in [0.3, 0.4) is 0 Å². The van der Waals surface area contributed by atoms with Crippen LogP contribution in [-0.2, 0) is 0 Å². The molecular weight excluding hydrogens is 244 g/mol. The monoisotopic (exact) mass is 265 g/mol. The third-order valence-corrected chi connectivity index (χ3v) is 3.58. The molecular formula is C16H21F2N. The molecule has 1 aliphatic rings. The number of nitrogens with one attached hydrogen (secondary N) is 1. The van der Waals surface area contributed by atoms with Gasteiger partial charge in [-0.15, -0.1) is 0 Å². The van der Waals surface area contributed by atoms with Crippen LogP contribution in [0, 0.1) is 11.6 Å². The first-order valence-electron chi connectivity index (χ1n) is 7.10. The maximum Gasteiger partial charge on any atom is 0.131 e. The van der Waals surface area contributed by atoms with E-state index >= 15 is 0 Å². The quantitative estimate of drug-likeness (QED) is 0.773. The minimum atomic E-state index is -0.458. The van der Waals surface area contributed by atoms with Crippen LogP contribution in [0.2, 0.25) is 0 Å². The van der Waals surface area contributed by atoms with Gasteiger partial charge in [-0.25, -0.2) is 8.78 Å². The molecule has 1 aromatic carbocycles. The lowest BCUT2D eigenvalue weighted by atomic mass is 9.89. The number of halogens is 2. The van der Waals surface area contributed by atoms with Gasteiger partial charge in [0.1, 0.15) is 11.6 Å². The first-order valence-corrected chi connectivity index (χ1v) is 7.10.